The van der Waals surface area contributed by atoms with Crippen molar-refractivity contribution in [1.82, 2.24) is 20.9 Å². The van der Waals surface area contributed by atoms with Gasteiger partial charge in [-0.1, -0.05) is 0 Å². The van der Waals surface area contributed by atoms with E-state index in [1.807, 2.05) is 0 Å². The molecule has 1 saturated carbocycles. The first kappa shape index (κ1) is 12.2. The molecular formula is C11H20N4O2. The van der Waals surface area contributed by atoms with Crippen molar-refractivity contribution in [2.24, 2.45) is 0 Å². The van der Waals surface area contributed by atoms with E-state index in [-0.39, 0.29) is 18.5 Å². The molecule has 1 aliphatic heterocycles. The zero-order chi connectivity index (χ0) is 12.1. The minimum absolute atomic E-state index is 0.00439. The Hall–Kier alpha value is -1.30. The topological polar surface area (TPSA) is 73.5 Å². The van der Waals surface area contributed by atoms with Crippen LogP contribution in [0.1, 0.15) is 19.3 Å². The summed E-state index contributed by atoms with van der Waals surface area (Å²) in [6, 6.07) is 0.0856. The average Bonchev–Trinajstić information content (AvgIpc) is 2.32. The normalized spacial score (nSPS) is 20.6. The highest BCUT2D eigenvalue weighted by atomic mass is 16.2. The number of carbonyl (C=O) groups excluding carboxylic acids is 2. The maximum absolute atomic E-state index is 11.7. The molecule has 3 N–H and O–H groups in total. The number of nitrogens with one attached hydrogen (secondary N) is 3. The molecule has 3 amide bonds. The maximum atomic E-state index is 11.7. The van der Waals surface area contributed by atoms with Gasteiger partial charge in [0.25, 0.3) is 0 Å². The third kappa shape index (κ3) is 3.59. The SMILES string of the molecule is O=C(NCC(=O)N1CCNCC1)NC1CCC1. The Morgan fingerprint density at radius 3 is 2.53 bits per heavy atom. The highest BCUT2D eigenvalue weighted by molar-refractivity contribution is 5.84. The van der Waals surface area contributed by atoms with E-state index < -0.39 is 0 Å². The number of piperazine rings is 1. The minimum atomic E-state index is -0.224. The highest BCUT2D eigenvalue weighted by Crippen LogP contribution is 2.17. The number of carbonyl (C=O) groups is 2. The average molecular weight is 240 g/mol. The second-order valence-corrected chi connectivity index (χ2v) is 4.59. The summed E-state index contributed by atoms with van der Waals surface area (Å²) in [5, 5.41) is 8.64. The van der Waals surface area contributed by atoms with Gasteiger partial charge < -0.3 is 20.9 Å². The first-order chi connectivity index (χ1) is 8.25. The first-order valence-electron chi connectivity index (χ1n) is 6.28. The predicted molar refractivity (Wildman–Crippen MR) is 63.6 cm³/mol. The van der Waals surface area contributed by atoms with E-state index in [0.29, 0.717) is 6.04 Å². The summed E-state index contributed by atoms with van der Waals surface area (Å²) in [4.78, 5) is 24.9. The molecule has 17 heavy (non-hydrogen) atoms. The molecule has 1 saturated heterocycles. The summed E-state index contributed by atoms with van der Waals surface area (Å²) in [5.41, 5.74) is 0. The van der Waals surface area contributed by atoms with Gasteiger partial charge in [0.2, 0.25) is 5.91 Å². The van der Waals surface area contributed by atoms with Gasteiger partial charge in [-0.2, -0.15) is 0 Å². The molecule has 0 unspecified atom stereocenters. The van der Waals surface area contributed by atoms with Crippen molar-refractivity contribution in [3.05, 3.63) is 0 Å². The fourth-order valence-electron chi connectivity index (χ4n) is 1.97. The van der Waals surface area contributed by atoms with E-state index in [2.05, 4.69) is 16.0 Å². The van der Waals surface area contributed by atoms with Crippen molar-refractivity contribution < 1.29 is 9.59 Å². The minimum Gasteiger partial charge on any atom is -0.339 e. The smallest absolute Gasteiger partial charge is 0.315 e. The van der Waals surface area contributed by atoms with Gasteiger partial charge in [0, 0.05) is 32.2 Å². The molecule has 0 aromatic heterocycles. The Bertz CT molecular complexity index is 285. The van der Waals surface area contributed by atoms with Crippen LogP contribution in [0.5, 0.6) is 0 Å². The molecule has 1 aliphatic carbocycles. The number of hydrogen-bond acceptors (Lipinski definition) is 3. The zero-order valence-corrected chi connectivity index (χ0v) is 10.00. The second kappa shape index (κ2) is 5.86. The molecule has 2 fully saturated rings. The molecule has 0 aromatic carbocycles. The van der Waals surface area contributed by atoms with Crippen LogP contribution < -0.4 is 16.0 Å². The third-order valence-corrected chi connectivity index (χ3v) is 3.31. The summed E-state index contributed by atoms with van der Waals surface area (Å²) in [6.45, 7) is 3.22. The number of nitrogens with zero attached hydrogens (tertiary/aromatic N) is 1. The molecular weight excluding hydrogens is 220 g/mol. The second-order valence-electron chi connectivity index (χ2n) is 4.59. The lowest BCUT2D eigenvalue weighted by molar-refractivity contribution is -0.130. The van der Waals surface area contributed by atoms with Gasteiger partial charge in [-0.05, 0) is 19.3 Å². The van der Waals surface area contributed by atoms with E-state index in [1.165, 1.54) is 6.42 Å². The van der Waals surface area contributed by atoms with E-state index >= 15 is 0 Å². The molecule has 2 aliphatic rings. The molecule has 0 spiro atoms. The van der Waals surface area contributed by atoms with Crippen molar-refractivity contribution in [3.63, 3.8) is 0 Å². The van der Waals surface area contributed by atoms with Crippen molar-refractivity contribution in [3.8, 4) is 0 Å². The molecule has 6 heteroatoms. The molecule has 0 atom stereocenters. The Labute approximate surface area is 101 Å². The van der Waals surface area contributed by atoms with Crippen LogP contribution in [-0.2, 0) is 4.79 Å². The first-order valence-corrected chi connectivity index (χ1v) is 6.28. The molecule has 0 aromatic rings. The van der Waals surface area contributed by atoms with Crippen LogP contribution >= 0.6 is 0 Å². The summed E-state index contributed by atoms with van der Waals surface area (Å²) >= 11 is 0. The third-order valence-electron chi connectivity index (χ3n) is 3.31. The summed E-state index contributed by atoms with van der Waals surface area (Å²) in [6.07, 6.45) is 3.29. The number of urea groups is 1. The van der Waals surface area contributed by atoms with Gasteiger partial charge in [0.15, 0.2) is 0 Å². The fraction of sp³-hybridized carbons (Fsp3) is 0.818. The molecule has 6 nitrogen and oxygen atoms in total. The fourth-order valence-corrected chi connectivity index (χ4v) is 1.97. The molecule has 96 valence electrons. The highest BCUT2D eigenvalue weighted by Gasteiger charge is 2.20. The van der Waals surface area contributed by atoms with Gasteiger partial charge in [-0.15, -0.1) is 0 Å². The maximum Gasteiger partial charge on any atom is 0.315 e. The number of rotatable bonds is 3. The quantitative estimate of drug-likeness (QED) is 0.609. The van der Waals surface area contributed by atoms with Crippen LogP contribution in [0, 0.1) is 0 Å². The van der Waals surface area contributed by atoms with E-state index in [1.54, 1.807) is 4.90 Å². The van der Waals surface area contributed by atoms with Gasteiger partial charge >= 0.3 is 6.03 Å². The lowest BCUT2D eigenvalue weighted by Gasteiger charge is -2.28. The zero-order valence-electron chi connectivity index (χ0n) is 10.00. The van der Waals surface area contributed by atoms with Crippen LogP contribution in [0.25, 0.3) is 0 Å². The molecule has 1 heterocycles. The number of amides is 3. The van der Waals surface area contributed by atoms with Crippen molar-refractivity contribution in [1.29, 1.82) is 0 Å². The van der Waals surface area contributed by atoms with Crippen LogP contribution in [0.2, 0.25) is 0 Å². The van der Waals surface area contributed by atoms with Crippen LogP contribution in [0.4, 0.5) is 4.79 Å². The van der Waals surface area contributed by atoms with Crippen molar-refractivity contribution in [2.45, 2.75) is 25.3 Å². The van der Waals surface area contributed by atoms with E-state index in [4.69, 9.17) is 0 Å². The summed E-state index contributed by atoms with van der Waals surface area (Å²) in [7, 11) is 0. The summed E-state index contributed by atoms with van der Waals surface area (Å²) < 4.78 is 0. The Balaban J connectivity index is 1.62. The Morgan fingerprint density at radius 2 is 1.94 bits per heavy atom. The monoisotopic (exact) mass is 240 g/mol. The van der Waals surface area contributed by atoms with Crippen LogP contribution in [-0.4, -0.2) is 55.6 Å². The van der Waals surface area contributed by atoms with Gasteiger partial charge in [-0.25, -0.2) is 4.79 Å². The Kier molecular flexibility index (Phi) is 4.19. The van der Waals surface area contributed by atoms with Crippen LogP contribution in [0.15, 0.2) is 0 Å². The molecule has 0 bridgehead atoms. The van der Waals surface area contributed by atoms with E-state index in [9.17, 15) is 9.59 Å². The van der Waals surface area contributed by atoms with Gasteiger partial charge in [0.05, 0.1) is 6.54 Å². The van der Waals surface area contributed by atoms with E-state index in [0.717, 1.165) is 39.0 Å². The Morgan fingerprint density at radius 1 is 1.24 bits per heavy atom. The largest absolute Gasteiger partial charge is 0.339 e. The van der Waals surface area contributed by atoms with Gasteiger partial charge in [-0.3, -0.25) is 4.79 Å². The van der Waals surface area contributed by atoms with Crippen LogP contribution in [0.3, 0.4) is 0 Å². The lowest BCUT2D eigenvalue weighted by atomic mass is 9.93. The van der Waals surface area contributed by atoms with Crippen molar-refractivity contribution >= 4 is 11.9 Å². The van der Waals surface area contributed by atoms with Crippen molar-refractivity contribution in [2.75, 3.05) is 32.7 Å². The lowest BCUT2D eigenvalue weighted by Crippen LogP contribution is -2.51. The van der Waals surface area contributed by atoms with Gasteiger partial charge in [0.1, 0.15) is 0 Å². The predicted octanol–water partition coefficient (Wildman–Crippen LogP) is -0.730. The number of hydrogen-bond donors (Lipinski definition) is 3. The molecule has 0 radical (unpaired) electrons. The molecule has 2 rings (SSSR count). The summed E-state index contributed by atoms with van der Waals surface area (Å²) in [5.74, 6) is -0.00439. The standard InChI is InChI=1S/C11H20N4O2/c16-10(15-6-4-12-5-7-15)8-13-11(17)14-9-2-1-3-9/h9,12H,1-8H2,(H2,13,14,17).